The number of carbonyl (C=O) groups is 1. The van der Waals surface area contributed by atoms with Gasteiger partial charge in [0.15, 0.2) is 0 Å². The van der Waals surface area contributed by atoms with E-state index in [2.05, 4.69) is 6.07 Å². The minimum Gasteiger partial charge on any atom is -0.360 e. The van der Waals surface area contributed by atoms with E-state index < -0.39 is 0 Å². The highest BCUT2D eigenvalue weighted by molar-refractivity contribution is 5.75. The van der Waals surface area contributed by atoms with Gasteiger partial charge in [0.25, 0.3) is 0 Å². The van der Waals surface area contributed by atoms with Crippen LogP contribution in [0.2, 0.25) is 0 Å². The third-order valence-corrected chi connectivity index (χ3v) is 2.42. The van der Waals surface area contributed by atoms with Crippen molar-refractivity contribution in [2.75, 3.05) is 18.0 Å². The Hall–Kier alpha value is -2.08. The van der Waals surface area contributed by atoms with Crippen LogP contribution in [0.5, 0.6) is 0 Å². The third-order valence-electron chi connectivity index (χ3n) is 2.42. The monoisotopic (exact) mass is 198 g/mol. The maximum absolute atomic E-state index is 10.5. The second-order valence-electron chi connectivity index (χ2n) is 3.36. The van der Waals surface area contributed by atoms with Crippen molar-refractivity contribution in [1.29, 1.82) is 5.26 Å². The van der Waals surface area contributed by atoms with E-state index in [4.69, 9.17) is 5.26 Å². The lowest BCUT2D eigenvalue weighted by molar-refractivity contribution is -0.106. The Kier molecular flexibility index (Phi) is 2.51. The number of nitrogens with zero attached hydrogens (tertiary/aromatic N) is 2. The van der Waals surface area contributed by atoms with Crippen LogP contribution in [0.15, 0.2) is 24.3 Å². The van der Waals surface area contributed by atoms with Crippen molar-refractivity contribution >= 4 is 18.0 Å². The number of rotatable bonds is 2. The van der Waals surface area contributed by atoms with E-state index in [1.165, 1.54) is 0 Å². The lowest BCUT2D eigenvalue weighted by atomic mass is 10.1. The molecule has 1 aromatic rings. The van der Waals surface area contributed by atoms with Crippen molar-refractivity contribution in [1.82, 2.24) is 0 Å². The van der Waals surface area contributed by atoms with Gasteiger partial charge in [0, 0.05) is 12.2 Å². The third kappa shape index (κ3) is 1.75. The van der Waals surface area contributed by atoms with Gasteiger partial charge in [-0.2, -0.15) is 5.26 Å². The molecule has 1 aliphatic rings. The van der Waals surface area contributed by atoms with Crippen LogP contribution < -0.4 is 4.90 Å². The minimum absolute atomic E-state index is 0.367. The zero-order valence-corrected chi connectivity index (χ0v) is 8.18. The highest BCUT2D eigenvalue weighted by Gasteiger charge is 2.12. The van der Waals surface area contributed by atoms with Gasteiger partial charge >= 0.3 is 0 Å². The molecule has 3 nitrogen and oxygen atoms in total. The molecule has 1 aromatic carbocycles. The van der Waals surface area contributed by atoms with Gasteiger partial charge in [-0.3, -0.25) is 0 Å². The summed E-state index contributed by atoms with van der Waals surface area (Å²) < 4.78 is 0. The number of hydrogen-bond acceptors (Lipinski definition) is 3. The predicted octanol–water partition coefficient (Wildman–Crippen LogP) is 1.59. The number of nitriles is 1. The molecule has 2 rings (SSSR count). The molecular weight excluding hydrogens is 188 g/mol. The van der Waals surface area contributed by atoms with Gasteiger partial charge in [-0.25, -0.2) is 0 Å². The first kappa shape index (κ1) is 9.47. The van der Waals surface area contributed by atoms with Gasteiger partial charge in [-0.05, 0) is 17.7 Å². The van der Waals surface area contributed by atoms with Gasteiger partial charge in [-0.1, -0.05) is 18.2 Å². The van der Waals surface area contributed by atoms with Crippen LogP contribution >= 0.6 is 0 Å². The quantitative estimate of drug-likeness (QED) is 0.678. The number of carbonyl (C=O) groups excluding carboxylic acids is 1. The highest BCUT2D eigenvalue weighted by atomic mass is 16.1. The summed E-state index contributed by atoms with van der Waals surface area (Å²) in [6.07, 6.45) is 4.90. The lowest BCUT2D eigenvalue weighted by Crippen LogP contribution is -2.27. The van der Waals surface area contributed by atoms with Gasteiger partial charge in [-0.15, -0.1) is 0 Å². The second-order valence-corrected chi connectivity index (χ2v) is 3.36. The highest BCUT2D eigenvalue weighted by Crippen LogP contribution is 2.26. The standard InChI is InChI=1S/C12H10N2O/c13-9-10-3-4-11-2-1-5-14(6-7-15)12(11)8-10/h1-4,7-8H,5-6H2. The Morgan fingerprint density at radius 1 is 1.53 bits per heavy atom. The van der Waals surface area contributed by atoms with E-state index in [0.717, 1.165) is 24.1 Å². The zero-order valence-electron chi connectivity index (χ0n) is 8.18. The van der Waals surface area contributed by atoms with Crippen LogP contribution in [0.4, 0.5) is 5.69 Å². The molecule has 0 atom stereocenters. The van der Waals surface area contributed by atoms with E-state index >= 15 is 0 Å². The van der Waals surface area contributed by atoms with Crippen LogP contribution in [0, 0.1) is 11.3 Å². The molecule has 0 saturated carbocycles. The Labute approximate surface area is 88.2 Å². The first-order valence-electron chi connectivity index (χ1n) is 4.74. The summed E-state index contributed by atoms with van der Waals surface area (Å²) in [5.74, 6) is 0. The average molecular weight is 198 g/mol. The molecule has 3 heteroatoms. The van der Waals surface area contributed by atoms with Crippen LogP contribution in [0.3, 0.4) is 0 Å². The molecule has 0 unspecified atom stereocenters. The van der Waals surface area contributed by atoms with Gasteiger partial charge in [0.1, 0.15) is 6.29 Å². The Bertz CT molecular complexity index is 457. The van der Waals surface area contributed by atoms with Crippen LogP contribution in [-0.4, -0.2) is 19.4 Å². The molecule has 0 radical (unpaired) electrons. The van der Waals surface area contributed by atoms with E-state index in [1.807, 2.05) is 29.2 Å². The molecule has 0 saturated heterocycles. The Morgan fingerprint density at radius 2 is 2.40 bits per heavy atom. The molecule has 0 bridgehead atoms. The molecule has 0 aliphatic carbocycles. The smallest absolute Gasteiger partial charge is 0.139 e. The molecule has 0 spiro atoms. The van der Waals surface area contributed by atoms with Crippen molar-refractivity contribution in [3.05, 3.63) is 35.4 Å². The first-order valence-corrected chi connectivity index (χ1v) is 4.74. The minimum atomic E-state index is 0.367. The second kappa shape index (κ2) is 3.97. The van der Waals surface area contributed by atoms with E-state index in [9.17, 15) is 4.79 Å². The van der Waals surface area contributed by atoms with Crippen molar-refractivity contribution in [3.8, 4) is 6.07 Å². The maximum atomic E-state index is 10.5. The molecule has 0 fully saturated rings. The fraction of sp³-hybridized carbons (Fsp3) is 0.167. The summed E-state index contributed by atoms with van der Waals surface area (Å²) in [6, 6.07) is 7.61. The largest absolute Gasteiger partial charge is 0.360 e. The van der Waals surface area contributed by atoms with Gasteiger partial charge in [0.2, 0.25) is 0 Å². The number of hydrogen-bond donors (Lipinski definition) is 0. The molecular formula is C12H10N2O. The summed E-state index contributed by atoms with van der Waals surface area (Å²) in [5.41, 5.74) is 2.64. The predicted molar refractivity (Wildman–Crippen MR) is 58.5 cm³/mol. The molecule has 1 aliphatic heterocycles. The van der Waals surface area contributed by atoms with E-state index in [1.54, 1.807) is 6.07 Å². The number of anilines is 1. The van der Waals surface area contributed by atoms with Crippen molar-refractivity contribution in [2.24, 2.45) is 0 Å². The summed E-state index contributed by atoms with van der Waals surface area (Å²) in [5, 5.41) is 8.80. The molecule has 74 valence electrons. The number of fused-ring (bicyclic) bond motifs is 1. The van der Waals surface area contributed by atoms with Crippen molar-refractivity contribution < 1.29 is 4.79 Å². The number of aldehydes is 1. The molecule has 0 amide bonds. The molecule has 0 aromatic heterocycles. The SMILES string of the molecule is N#Cc1ccc2c(c1)N(CC=O)CC=C2. The van der Waals surface area contributed by atoms with Crippen LogP contribution in [-0.2, 0) is 4.79 Å². The molecule has 0 N–H and O–H groups in total. The molecule has 1 heterocycles. The summed E-state index contributed by atoms with van der Waals surface area (Å²) in [4.78, 5) is 12.5. The van der Waals surface area contributed by atoms with E-state index in [0.29, 0.717) is 12.1 Å². The Morgan fingerprint density at radius 3 is 3.13 bits per heavy atom. The first-order chi connectivity index (χ1) is 7.35. The summed E-state index contributed by atoms with van der Waals surface area (Å²) in [7, 11) is 0. The summed E-state index contributed by atoms with van der Waals surface area (Å²) >= 11 is 0. The fourth-order valence-corrected chi connectivity index (χ4v) is 1.70. The van der Waals surface area contributed by atoms with E-state index in [-0.39, 0.29) is 0 Å². The topological polar surface area (TPSA) is 44.1 Å². The molecule has 15 heavy (non-hydrogen) atoms. The average Bonchev–Trinajstić information content (AvgIpc) is 2.29. The van der Waals surface area contributed by atoms with Gasteiger partial charge in [0.05, 0.1) is 18.2 Å². The van der Waals surface area contributed by atoms with Crippen molar-refractivity contribution in [3.63, 3.8) is 0 Å². The zero-order chi connectivity index (χ0) is 10.7. The van der Waals surface area contributed by atoms with Crippen LogP contribution in [0.25, 0.3) is 6.08 Å². The van der Waals surface area contributed by atoms with Crippen molar-refractivity contribution in [2.45, 2.75) is 0 Å². The fourth-order valence-electron chi connectivity index (χ4n) is 1.70. The number of benzene rings is 1. The maximum Gasteiger partial charge on any atom is 0.139 e. The lowest BCUT2D eigenvalue weighted by Gasteiger charge is -2.26. The summed E-state index contributed by atoms with van der Waals surface area (Å²) in [6.45, 7) is 1.09. The van der Waals surface area contributed by atoms with Gasteiger partial charge < -0.3 is 9.69 Å². The normalized spacial score (nSPS) is 13.1. The van der Waals surface area contributed by atoms with Crippen LogP contribution in [0.1, 0.15) is 11.1 Å². The Balaban J connectivity index is 2.45.